The Morgan fingerprint density at radius 1 is 1.14 bits per heavy atom. The highest BCUT2D eigenvalue weighted by molar-refractivity contribution is 7.85. The first-order valence-corrected chi connectivity index (χ1v) is 12.7. The number of alkyl halides is 2. The average Bonchev–Trinajstić information content (AvgIpc) is 2.74. The molecule has 0 aliphatic carbocycles. The Morgan fingerprint density at radius 2 is 1.71 bits per heavy atom. The van der Waals surface area contributed by atoms with Crippen LogP contribution in [0.25, 0.3) is 0 Å². The molecule has 0 aromatic heterocycles. The summed E-state index contributed by atoms with van der Waals surface area (Å²) >= 11 is 0. The fraction of sp³-hybridized carbons (Fsp3) is 0.480. The van der Waals surface area contributed by atoms with Gasteiger partial charge in [-0.1, -0.05) is 48.0 Å². The van der Waals surface area contributed by atoms with E-state index in [1.165, 1.54) is 12.1 Å². The molecular formula is C25H34F2N2O5S. The van der Waals surface area contributed by atoms with Gasteiger partial charge in [-0.05, 0) is 58.7 Å². The summed E-state index contributed by atoms with van der Waals surface area (Å²) in [5.41, 5.74) is 1.23. The van der Waals surface area contributed by atoms with Crippen LogP contribution >= 0.6 is 0 Å². The van der Waals surface area contributed by atoms with E-state index in [2.05, 4.69) is 5.32 Å². The van der Waals surface area contributed by atoms with Gasteiger partial charge in [0.15, 0.2) is 0 Å². The highest BCUT2D eigenvalue weighted by Gasteiger charge is 2.47. The molecule has 1 aliphatic heterocycles. The number of nitrogens with one attached hydrogen (secondary N) is 1. The van der Waals surface area contributed by atoms with Crippen LogP contribution in [-0.4, -0.2) is 54.6 Å². The number of benzene rings is 2. The predicted octanol–water partition coefficient (Wildman–Crippen LogP) is 5.22. The minimum atomic E-state index is -4.02. The van der Waals surface area contributed by atoms with E-state index >= 15 is 0 Å². The number of rotatable bonds is 4. The Hall–Kier alpha value is -2.56. The van der Waals surface area contributed by atoms with Gasteiger partial charge in [-0.25, -0.2) is 13.6 Å². The van der Waals surface area contributed by atoms with Crippen molar-refractivity contribution in [3.8, 4) is 0 Å². The Bertz CT molecular complexity index is 1070. The van der Waals surface area contributed by atoms with Crippen molar-refractivity contribution in [2.75, 3.05) is 13.1 Å². The van der Waals surface area contributed by atoms with Crippen LogP contribution in [0.4, 0.5) is 13.6 Å². The molecule has 35 heavy (non-hydrogen) atoms. The highest BCUT2D eigenvalue weighted by Crippen LogP contribution is 2.30. The quantitative estimate of drug-likeness (QED) is 0.545. The molecule has 10 heteroatoms. The van der Waals surface area contributed by atoms with E-state index in [1.807, 2.05) is 44.2 Å². The second-order valence-corrected chi connectivity index (χ2v) is 11.0. The zero-order valence-corrected chi connectivity index (χ0v) is 21.5. The van der Waals surface area contributed by atoms with Crippen LogP contribution in [0.15, 0.2) is 59.5 Å². The molecule has 3 rings (SSSR count). The normalized spacial score (nSPS) is 18.7. The fourth-order valence-electron chi connectivity index (χ4n) is 3.48. The Kier molecular flexibility index (Phi) is 9.38. The first-order valence-electron chi connectivity index (χ1n) is 11.3. The minimum absolute atomic E-state index is 0.0666. The van der Waals surface area contributed by atoms with E-state index in [1.54, 1.807) is 32.9 Å². The number of hydrogen-bond acceptors (Lipinski definition) is 5. The summed E-state index contributed by atoms with van der Waals surface area (Å²) in [5.74, 6) is -3.00. The van der Waals surface area contributed by atoms with E-state index in [9.17, 15) is 22.0 Å². The number of nitrogens with zero attached hydrogens (tertiary/aromatic N) is 1. The van der Waals surface area contributed by atoms with Gasteiger partial charge in [0.05, 0.1) is 17.5 Å². The standard InChI is InChI=1S/C18H26F2N2O2.C7H8O3S/c1-13(14-8-6-5-7-9-14)21-15-10-11-22(12-18(15,19)20)16(23)24-17(2,3)4;1-6-2-4-7(5-3-6)11(8,9)10/h5-9,13,15,21H,10-12H2,1-4H3;2-5H,1H3,(H,8,9,10)/t13-,15-;/m1./s1. The van der Waals surface area contributed by atoms with Crippen LogP contribution in [0.5, 0.6) is 0 Å². The number of carbonyl (C=O) groups excluding carboxylic acids is 1. The van der Waals surface area contributed by atoms with Crippen LogP contribution in [0, 0.1) is 6.92 Å². The molecule has 0 bridgehead atoms. The van der Waals surface area contributed by atoms with Gasteiger partial charge in [0.1, 0.15) is 5.60 Å². The molecule has 2 N–H and O–H groups in total. The van der Waals surface area contributed by atoms with Crippen molar-refractivity contribution >= 4 is 16.2 Å². The first kappa shape index (κ1) is 28.7. The molecule has 0 spiro atoms. The van der Waals surface area contributed by atoms with Gasteiger partial charge < -0.3 is 15.0 Å². The molecule has 0 radical (unpaired) electrons. The summed E-state index contributed by atoms with van der Waals surface area (Å²) in [7, 11) is -4.02. The highest BCUT2D eigenvalue weighted by atomic mass is 32.2. The molecule has 0 unspecified atom stereocenters. The van der Waals surface area contributed by atoms with E-state index < -0.39 is 40.3 Å². The Morgan fingerprint density at radius 3 is 2.20 bits per heavy atom. The molecule has 1 fully saturated rings. The number of piperidine rings is 1. The number of hydrogen-bond donors (Lipinski definition) is 2. The van der Waals surface area contributed by atoms with Crippen molar-refractivity contribution in [3.63, 3.8) is 0 Å². The first-order chi connectivity index (χ1) is 16.1. The molecule has 2 atom stereocenters. The van der Waals surface area contributed by atoms with E-state index in [0.717, 1.165) is 16.0 Å². The average molecular weight is 513 g/mol. The second kappa shape index (κ2) is 11.5. The summed E-state index contributed by atoms with van der Waals surface area (Å²) in [5, 5.41) is 3.00. The lowest BCUT2D eigenvalue weighted by atomic mass is 9.98. The van der Waals surface area contributed by atoms with E-state index in [4.69, 9.17) is 9.29 Å². The Labute approximate surface area is 206 Å². The number of carbonyl (C=O) groups is 1. The second-order valence-electron chi connectivity index (χ2n) is 9.59. The van der Waals surface area contributed by atoms with Crippen LogP contribution in [-0.2, 0) is 14.9 Å². The summed E-state index contributed by atoms with van der Waals surface area (Å²) in [6.07, 6.45) is -0.500. The summed E-state index contributed by atoms with van der Waals surface area (Å²) in [4.78, 5) is 13.0. The molecule has 7 nitrogen and oxygen atoms in total. The smallest absolute Gasteiger partial charge is 0.410 e. The fourth-order valence-corrected chi connectivity index (χ4v) is 3.96. The largest absolute Gasteiger partial charge is 0.444 e. The maximum atomic E-state index is 14.5. The maximum absolute atomic E-state index is 14.5. The molecule has 194 valence electrons. The molecule has 2 aromatic carbocycles. The number of halogens is 2. The van der Waals surface area contributed by atoms with Gasteiger partial charge in [0.25, 0.3) is 16.0 Å². The van der Waals surface area contributed by atoms with Gasteiger partial charge in [0.2, 0.25) is 0 Å². The third kappa shape index (κ3) is 9.19. The van der Waals surface area contributed by atoms with Gasteiger partial charge in [0, 0.05) is 12.6 Å². The molecule has 1 saturated heterocycles. The van der Waals surface area contributed by atoms with E-state index in [0.29, 0.717) is 0 Å². The van der Waals surface area contributed by atoms with Crippen molar-refractivity contribution < 1.29 is 31.3 Å². The van der Waals surface area contributed by atoms with Crippen molar-refractivity contribution in [1.82, 2.24) is 10.2 Å². The summed E-state index contributed by atoms with van der Waals surface area (Å²) < 4.78 is 63.7. The van der Waals surface area contributed by atoms with Gasteiger partial charge in [-0.2, -0.15) is 8.42 Å². The molecule has 1 aliphatic rings. The zero-order valence-electron chi connectivity index (χ0n) is 20.7. The van der Waals surface area contributed by atoms with Crippen molar-refractivity contribution in [2.45, 2.75) is 69.5 Å². The summed E-state index contributed by atoms with van der Waals surface area (Å²) in [6, 6.07) is 14.3. The lowest BCUT2D eigenvalue weighted by Gasteiger charge is -2.40. The maximum Gasteiger partial charge on any atom is 0.410 e. The molecule has 1 amide bonds. The number of amides is 1. The van der Waals surface area contributed by atoms with Crippen molar-refractivity contribution in [2.24, 2.45) is 0 Å². The number of likely N-dealkylation sites (tertiary alicyclic amines) is 1. The monoisotopic (exact) mass is 512 g/mol. The lowest BCUT2D eigenvalue weighted by Crippen LogP contribution is -2.59. The number of aryl methyl sites for hydroxylation is 1. The van der Waals surface area contributed by atoms with Crippen LogP contribution in [0.2, 0.25) is 0 Å². The number of ether oxygens (including phenoxy) is 1. The zero-order chi connectivity index (χ0) is 26.4. The van der Waals surface area contributed by atoms with Gasteiger partial charge in [-0.15, -0.1) is 0 Å². The van der Waals surface area contributed by atoms with Crippen LogP contribution < -0.4 is 5.32 Å². The third-order valence-corrected chi connectivity index (χ3v) is 6.19. The van der Waals surface area contributed by atoms with Crippen molar-refractivity contribution in [1.29, 1.82) is 0 Å². The van der Waals surface area contributed by atoms with Crippen LogP contribution in [0.3, 0.4) is 0 Å². The van der Waals surface area contributed by atoms with Gasteiger partial charge in [-0.3, -0.25) is 4.55 Å². The Balaban J connectivity index is 0.000000328. The molecule has 2 aromatic rings. The lowest BCUT2D eigenvalue weighted by molar-refractivity contribution is -0.0934. The summed E-state index contributed by atoms with van der Waals surface area (Å²) in [6.45, 7) is 8.50. The minimum Gasteiger partial charge on any atom is -0.444 e. The third-order valence-electron chi connectivity index (χ3n) is 5.32. The van der Waals surface area contributed by atoms with Gasteiger partial charge >= 0.3 is 6.09 Å². The topological polar surface area (TPSA) is 95.9 Å². The van der Waals surface area contributed by atoms with Crippen molar-refractivity contribution in [3.05, 3.63) is 65.7 Å². The van der Waals surface area contributed by atoms with Crippen LogP contribution in [0.1, 0.15) is 51.3 Å². The predicted molar refractivity (Wildman–Crippen MR) is 130 cm³/mol. The molecule has 1 heterocycles. The molecular weight excluding hydrogens is 478 g/mol. The SMILES string of the molecule is C[C@@H](N[C@@H]1CCN(C(=O)OC(C)(C)C)CC1(F)F)c1ccccc1.Cc1ccc(S(=O)(=O)O)cc1. The molecule has 0 saturated carbocycles. The van der Waals surface area contributed by atoms with E-state index in [-0.39, 0.29) is 23.9 Å².